The van der Waals surface area contributed by atoms with Gasteiger partial charge in [0.15, 0.2) is 0 Å². The van der Waals surface area contributed by atoms with E-state index in [-0.39, 0.29) is 11.2 Å². The fourth-order valence-electron chi connectivity index (χ4n) is 2.76. The molecule has 4 rings (SSSR count). The number of fused-ring (bicyclic) bond motifs is 2. The van der Waals surface area contributed by atoms with Crippen LogP contribution in [0.2, 0.25) is 0 Å². The highest BCUT2D eigenvalue weighted by Gasteiger charge is 2.14. The molecule has 0 unspecified atom stereocenters. The Morgan fingerprint density at radius 2 is 1.50 bits per heavy atom. The molecule has 0 atom stereocenters. The molecule has 0 aliphatic heterocycles. The molecule has 1 heterocycles. The van der Waals surface area contributed by atoms with E-state index in [1.165, 1.54) is 0 Å². The number of esters is 1. The summed E-state index contributed by atoms with van der Waals surface area (Å²) < 4.78 is 5.48. The molecule has 3 aromatic carbocycles. The highest BCUT2D eigenvalue weighted by molar-refractivity contribution is 5.98. The van der Waals surface area contributed by atoms with Crippen LogP contribution in [0.1, 0.15) is 10.4 Å². The SMILES string of the molecule is O=C(Oc1cccc2[nH]c3ccccc3c(=O)c12)c1ccccc1. The minimum absolute atomic E-state index is 0.157. The second kappa shape index (κ2) is 5.66. The molecular formula is C20H13NO3. The molecule has 0 saturated carbocycles. The van der Waals surface area contributed by atoms with E-state index in [2.05, 4.69) is 4.98 Å². The van der Waals surface area contributed by atoms with Crippen LogP contribution < -0.4 is 10.2 Å². The van der Waals surface area contributed by atoms with Gasteiger partial charge in [-0.1, -0.05) is 36.4 Å². The molecule has 1 N–H and O–H groups in total. The lowest BCUT2D eigenvalue weighted by Gasteiger charge is -2.08. The van der Waals surface area contributed by atoms with Crippen molar-refractivity contribution in [2.45, 2.75) is 0 Å². The Morgan fingerprint density at radius 1 is 0.792 bits per heavy atom. The predicted molar refractivity (Wildman–Crippen MR) is 93.5 cm³/mol. The Kier molecular flexibility index (Phi) is 3.35. The minimum Gasteiger partial charge on any atom is -0.422 e. The molecule has 4 heteroatoms. The number of aromatic nitrogens is 1. The van der Waals surface area contributed by atoms with Gasteiger partial charge in [-0.15, -0.1) is 0 Å². The number of hydrogen-bond donors (Lipinski definition) is 1. The van der Waals surface area contributed by atoms with Crippen molar-refractivity contribution in [1.29, 1.82) is 0 Å². The average molecular weight is 315 g/mol. The third kappa shape index (κ3) is 2.34. The van der Waals surface area contributed by atoms with Crippen molar-refractivity contribution < 1.29 is 9.53 Å². The second-order valence-electron chi connectivity index (χ2n) is 5.43. The number of aromatic amines is 1. The van der Waals surface area contributed by atoms with Crippen LogP contribution in [0.5, 0.6) is 5.75 Å². The normalized spacial score (nSPS) is 10.8. The summed E-state index contributed by atoms with van der Waals surface area (Å²) in [6, 6.07) is 21.1. The van der Waals surface area contributed by atoms with Gasteiger partial charge in [-0.2, -0.15) is 0 Å². The van der Waals surface area contributed by atoms with E-state index in [0.29, 0.717) is 21.9 Å². The number of carbonyl (C=O) groups excluding carboxylic acids is 1. The summed E-state index contributed by atoms with van der Waals surface area (Å²) in [4.78, 5) is 28.3. The van der Waals surface area contributed by atoms with E-state index in [1.54, 1.807) is 48.5 Å². The third-order valence-corrected chi connectivity index (χ3v) is 3.91. The summed E-state index contributed by atoms with van der Waals surface area (Å²) in [6.45, 7) is 0. The maximum atomic E-state index is 12.8. The van der Waals surface area contributed by atoms with Gasteiger partial charge in [-0.25, -0.2) is 4.79 Å². The van der Waals surface area contributed by atoms with Crippen molar-refractivity contribution in [2.24, 2.45) is 0 Å². The van der Waals surface area contributed by atoms with Crippen LogP contribution >= 0.6 is 0 Å². The van der Waals surface area contributed by atoms with E-state index in [4.69, 9.17) is 4.74 Å². The largest absolute Gasteiger partial charge is 0.422 e. The summed E-state index contributed by atoms with van der Waals surface area (Å²) in [7, 11) is 0. The van der Waals surface area contributed by atoms with E-state index in [0.717, 1.165) is 5.52 Å². The van der Waals surface area contributed by atoms with Crippen molar-refractivity contribution in [3.63, 3.8) is 0 Å². The predicted octanol–water partition coefficient (Wildman–Crippen LogP) is 3.90. The molecule has 1 aromatic heterocycles. The first-order valence-electron chi connectivity index (χ1n) is 7.55. The Morgan fingerprint density at radius 3 is 2.33 bits per heavy atom. The second-order valence-corrected chi connectivity index (χ2v) is 5.43. The molecule has 0 amide bonds. The number of rotatable bonds is 2. The average Bonchev–Trinajstić information content (AvgIpc) is 2.62. The first kappa shape index (κ1) is 14.2. The first-order valence-corrected chi connectivity index (χ1v) is 7.55. The highest BCUT2D eigenvalue weighted by Crippen LogP contribution is 2.24. The molecule has 116 valence electrons. The topological polar surface area (TPSA) is 59.2 Å². The first-order chi connectivity index (χ1) is 11.7. The fraction of sp³-hybridized carbons (Fsp3) is 0. The molecule has 0 fully saturated rings. The molecule has 0 spiro atoms. The molecule has 4 aromatic rings. The number of para-hydroxylation sites is 1. The summed E-state index contributed by atoms with van der Waals surface area (Å²) in [6.07, 6.45) is 0. The van der Waals surface area contributed by atoms with Crippen LogP contribution in [-0.2, 0) is 0 Å². The maximum absolute atomic E-state index is 12.8. The smallest absolute Gasteiger partial charge is 0.343 e. The Labute approximate surface area is 137 Å². The quantitative estimate of drug-likeness (QED) is 0.347. The van der Waals surface area contributed by atoms with Gasteiger partial charge >= 0.3 is 5.97 Å². The number of hydrogen-bond acceptors (Lipinski definition) is 3. The number of benzene rings is 3. The zero-order valence-corrected chi connectivity index (χ0v) is 12.7. The van der Waals surface area contributed by atoms with Crippen molar-refractivity contribution in [3.05, 3.63) is 88.6 Å². The molecule has 4 nitrogen and oxygen atoms in total. The summed E-state index contributed by atoms with van der Waals surface area (Å²) in [5.41, 5.74) is 1.67. The third-order valence-electron chi connectivity index (χ3n) is 3.91. The lowest BCUT2D eigenvalue weighted by atomic mass is 10.1. The number of carbonyl (C=O) groups is 1. The Hall–Kier alpha value is -3.40. The monoisotopic (exact) mass is 315 g/mol. The van der Waals surface area contributed by atoms with Crippen molar-refractivity contribution in [2.75, 3.05) is 0 Å². The van der Waals surface area contributed by atoms with E-state index >= 15 is 0 Å². The summed E-state index contributed by atoms with van der Waals surface area (Å²) >= 11 is 0. The molecule has 0 bridgehead atoms. The van der Waals surface area contributed by atoms with Crippen LogP contribution in [0, 0.1) is 0 Å². The van der Waals surface area contributed by atoms with Gasteiger partial charge in [-0.3, -0.25) is 4.79 Å². The highest BCUT2D eigenvalue weighted by atomic mass is 16.5. The van der Waals surface area contributed by atoms with Gasteiger partial charge in [0.1, 0.15) is 5.75 Å². The lowest BCUT2D eigenvalue weighted by molar-refractivity contribution is 0.0737. The minimum atomic E-state index is -0.490. The van der Waals surface area contributed by atoms with Crippen molar-refractivity contribution in [1.82, 2.24) is 4.98 Å². The van der Waals surface area contributed by atoms with Gasteiger partial charge in [0.25, 0.3) is 0 Å². The van der Waals surface area contributed by atoms with E-state index in [9.17, 15) is 9.59 Å². The standard InChI is InChI=1S/C20H13NO3/c22-19-14-9-4-5-10-15(14)21-16-11-6-12-17(18(16)19)24-20(23)13-7-2-1-3-8-13/h1-12H,(H,21,22). The number of ether oxygens (including phenoxy) is 1. The molecular weight excluding hydrogens is 302 g/mol. The summed E-state index contributed by atoms with van der Waals surface area (Å²) in [5.74, 6) is -0.232. The van der Waals surface area contributed by atoms with Crippen molar-refractivity contribution in [3.8, 4) is 5.75 Å². The number of nitrogens with one attached hydrogen (secondary N) is 1. The number of pyridine rings is 1. The molecule has 24 heavy (non-hydrogen) atoms. The van der Waals surface area contributed by atoms with Crippen molar-refractivity contribution >= 4 is 27.8 Å². The van der Waals surface area contributed by atoms with Gasteiger partial charge in [0, 0.05) is 10.9 Å². The van der Waals surface area contributed by atoms with Gasteiger partial charge in [-0.05, 0) is 36.4 Å². The van der Waals surface area contributed by atoms with Crippen LogP contribution in [0.25, 0.3) is 21.8 Å². The van der Waals surface area contributed by atoms with Crippen LogP contribution in [0.15, 0.2) is 77.6 Å². The maximum Gasteiger partial charge on any atom is 0.343 e. The molecule has 0 radical (unpaired) electrons. The molecule has 0 aliphatic carbocycles. The zero-order valence-electron chi connectivity index (χ0n) is 12.7. The van der Waals surface area contributed by atoms with Gasteiger partial charge in [0.05, 0.1) is 16.5 Å². The van der Waals surface area contributed by atoms with Gasteiger partial charge in [0.2, 0.25) is 5.43 Å². The van der Waals surface area contributed by atoms with E-state index < -0.39 is 5.97 Å². The molecule has 0 aliphatic rings. The fourth-order valence-corrected chi connectivity index (χ4v) is 2.76. The van der Waals surface area contributed by atoms with Crippen LogP contribution in [-0.4, -0.2) is 11.0 Å². The Balaban J connectivity index is 1.88. The van der Waals surface area contributed by atoms with E-state index in [1.807, 2.05) is 24.3 Å². The molecule has 0 saturated heterocycles. The summed E-state index contributed by atoms with van der Waals surface area (Å²) in [5, 5.41) is 0.939. The van der Waals surface area contributed by atoms with Gasteiger partial charge < -0.3 is 9.72 Å². The number of H-pyrrole nitrogens is 1. The van der Waals surface area contributed by atoms with Crippen LogP contribution in [0.3, 0.4) is 0 Å². The lowest BCUT2D eigenvalue weighted by Crippen LogP contribution is -2.12. The van der Waals surface area contributed by atoms with Crippen LogP contribution in [0.4, 0.5) is 0 Å². The zero-order chi connectivity index (χ0) is 16.5. The Bertz CT molecular complexity index is 1110.